The third-order valence-electron chi connectivity index (χ3n) is 5.58. The quantitative estimate of drug-likeness (QED) is 0.369. The zero-order valence-corrected chi connectivity index (χ0v) is 19.0. The second-order valence-corrected chi connectivity index (χ2v) is 8.38. The van der Waals surface area contributed by atoms with Gasteiger partial charge in [0.15, 0.2) is 11.1 Å². The number of fused-ring (bicyclic) bond motifs is 1. The van der Waals surface area contributed by atoms with Crippen molar-refractivity contribution in [2.24, 2.45) is 0 Å². The van der Waals surface area contributed by atoms with Crippen LogP contribution in [-0.2, 0) is 15.9 Å². The van der Waals surface area contributed by atoms with Crippen LogP contribution in [0.5, 0.6) is 0 Å². The summed E-state index contributed by atoms with van der Waals surface area (Å²) in [4.78, 5) is 30.9. The predicted octanol–water partition coefficient (Wildman–Crippen LogP) is 2.78. The molecule has 3 rings (SSSR count). The van der Waals surface area contributed by atoms with Gasteiger partial charge in [-0.25, -0.2) is 4.21 Å². The average molecular weight is 445 g/mol. The van der Waals surface area contributed by atoms with E-state index in [1.165, 1.54) is 12.1 Å². The third kappa shape index (κ3) is 4.79. The summed E-state index contributed by atoms with van der Waals surface area (Å²) >= 11 is -2.14. The van der Waals surface area contributed by atoms with Crippen LogP contribution in [0, 0.1) is 13.8 Å². The van der Waals surface area contributed by atoms with E-state index in [1.807, 2.05) is 13.8 Å². The first kappa shape index (κ1) is 22.9. The molecule has 2 heterocycles. The van der Waals surface area contributed by atoms with E-state index >= 15 is 0 Å². The number of amides is 2. The van der Waals surface area contributed by atoms with E-state index in [1.54, 1.807) is 12.1 Å². The number of carbonyl (C=O) groups is 2. The Kier molecular flexibility index (Phi) is 7.09. The van der Waals surface area contributed by atoms with Gasteiger partial charge < -0.3 is 25.1 Å². The highest BCUT2D eigenvalue weighted by Crippen LogP contribution is 2.35. The molecule has 166 valence electrons. The van der Waals surface area contributed by atoms with Gasteiger partial charge in [0, 0.05) is 35.7 Å². The van der Waals surface area contributed by atoms with Gasteiger partial charge in [0.05, 0.1) is 16.0 Å². The molecule has 9 heteroatoms. The van der Waals surface area contributed by atoms with Crippen molar-refractivity contribution in [3.63, 3.8) is 0 Å². The molecule has 0 aliphatic carbocycles. The van der Waals surface area contributed by atoms with E-state index in [0.717, 1.165) is 25.2 Å². The van der Waals surface area contributed by atoms with Crippen LogP contribution in [0.3, 0.4) is 0 Å². The number of H-pyrrole nitrogens is 1. The zero-order valence-electron chi connectivity index (χ0n) is 18.2. The number of aromatic amines is 1. The van der Waals surface area contributed by atoms with Gasteiger partial charge in [-0.1, -0.05) is 13.8 Å². The third-order valence-corrected chi connectivity index (χ3v) is 6.23. The van der Waals surface area contributed by atoms with Crippen molar-refractivity contribution in [2.45, 2.75) is 32.6 Å². The van der Waals surface area contributed by atoms with E-state index < -0.39 is 11.1 Å². The summed E-state index contributed by atoms with van der Waals surface area (Å²) in [6.45, 7) is 11.0. The van der Waals surface area contributed by atoms with Crippen LogP contribution in [0.15, 0.2) is 23.1 Å². The molecule has 1 unspecified atom stereocenters. The number of likely N-dealkylation sites (N-methyl/N-ethyl adjacent to an activating group) is 1. The van der Waals surface area contributed by atoms with Crippen molar-refractivity contribution < 1.29 is 18.4 Å². The van der Waals surface area contributed by atoms with Crippen molar-refractivity contribution in [2.75, 3.05) is 31.5 Å². The fourth-order valence-electron chi connectivity index (χ4n) is 3.78. The second-order valence-electron chi connectivity index (χ2n) is 7.42. The minimum absolute atomic E-state index is 0.155. The van der Waals surface area contributed by atoms with E-state index in [2.05, 4.69) is 34.4 Å². The topological polar surface area (TPSA) is 115 Å². The maximum absolute atomic E-state index is 12.8. The van der Waals surface area contributed by atoms with E-state index in [9.17, 15) is 18.4 Å². The van der Waals surface area contributed by atoms with Crippen LogP contribution in [0.2, 0.25) is 0 Å². The van der Waals surface area contributed by atoms with Gasteiger partial charge in [-0.05, 0) is 56.8 Å². The van der Waals surface area contributed by atoms with Crippen molar-refractivity contribution in [3.05, 3.63) is 46.3 Å². The molecule has 1 atom stereocenters. The fraction of sp³-hybridized carbons (Fsp3) is 0.364. The molecule has 0 saturated heterocycles. The molecular formula is C22H28N4O4S. The highest BCUT2D eigenvalue weighted by molar-refractivity contribution is 7.79. The maximum Gasteiger partial charge on any atom is 0.256 e. The van der Waals surface area contributed by atoms with E-state index in [-0.39, 0.29) is 16.7 Å². The molecule has 2 aromatic rings. The van der Waals surface area contributed by atoms with Crippen LogP contribution in [-0.4, -0.2) is 56.6 Å². The van der Waals surface area contributed by atoms with Gasteiger partial charge in [0.25, 0.3) is 11.8 Å². The number of anilines is 1. The fourth-order valence-corrected chi connectivity index (χ4v) is 4.18. The molecule has 1 aliphatic heterocycles. The number of aromatic nitrogens is 1. The lowest BCUT2D eigenvalue weighted by Gasteiger charge is -2.18. The summed E-state index contributed by atoms with van der Waals surface area (Å²) in [5, 5.41) is 5.73. The van der Waals surface area contributed by atoms with Gasteiger partial charge in [0.1, 0.15) is 0 Å². The number of hydrogen-bond donors (Lipinski definition) is 4. The van der Waals surface area contributed by atoms with Gasteiger partial charge in [-0.2, -0.15) is 0 Å². The molecule has 1 aromatic heterocycles. The maximum atomic E-state index is 12.8. The molecule has 0 saturated carbocycles. The standard InChI is InChI=1S/C22H28N4O4S/c1-5-26(6-2)10-9-23-22(28)20-13(3)19(24-14(20)4)12-17-16-11-15(31(29)30)7-8-18(16)25-21(17)27/h7-8,11-12,24H,5-6,9-10H2,1-4H3,(H,23,28)(H,25,27)(H,29,30). The minimum atomic E-state index is -2.14. The molecule has 0 spiro atoms. The monoisotopic (exact) mass is 444 g/mol. The molecule has 31 heavy (non-hydrogen) atoms. The molecule has 0 bridgehead atoms. The molecule has 2 amide bonds. The first-order valence-corrected chi connectivity index (χ1v) is 11.4. The van der Waals surface area contributed by atoms with Crippen molar-refractivity contribution in [1.29, 1.82) is 0 Å². The number of benzene rings is 1. The number of hydrogen-bond acceptors (Lipinski definition) is 4. The summed E-state index contributed by atoms with van der Waals surface area (Å²) in [5.74, 6) is -0.454. The molecule has 1 aromatic carbocycles. The molecule has 0 radical (unpaired) electrons. The Bertz CT molecular complexity index is 1070. The number of nitrogens with one attached hydrogen (secondary N) is 3. The van der Waals surface area contributed by atoms with Crippen molar-refractivity contribution in [1.82, 2.24) is 15.2 Å². The Hall–Kier alpha value is -2.75. The Morgan fingerprint density at radius 2 is 1.97 bits per heavy atom. The highest BCUT2D eigenvalue weighted by atomic mass is 32.2. The average Bonchev–Trinajstić information content (AvgIpc) is 3.20. The second kappa shape index (κ2) is 9.59. The van der Waals surface area contributed by atoms with E-state index in [4.69, 9.17) is 0 Å². The normalized spacial score (nSPS) is 15.3. The van der Waals surface area contributed by atoms with Crippen LogP contribution >= 0.6 is 0 Å². The highest BCUT2D eigenvalue weighted by Gasteiger charge is 2.26. The molecule has 8 nitrogen and oxygen atoms in total. The summed E-state index contributed by atoms with van der Waals surface area (Å²) in [5.41, 5.74) is 4.19. The summed E-state index contributed by atoms with van der Waals surface area (Å²) < 4.78 is 20.8. The number of rotatable bonds is 8. The Morgan fingerprint density at radius 1 is 1.26 bits per heavy atom. The summed E-state index contributed by atoms with van der Waals surface area (Å²) in [7, 11) is 0. The van der Waals surface area contributed by atoms with Gasteiger partial charge in [-0.3, -0.25) is 9.59 Å². The number of nitrogens with zero attached hydrogens (tertiary/aromatic N) is 1. The lowest BCUT2D eigenvalue weighted by molar-refractivity contribution is -0.110. The molecular weight excluding hydrogens is 416 g/mol. The number of aryl methyl sites for hydroxylation is 1. The Balaban J connectivity index is 1.87. The molecule has 4 N–H and O–H groups in total. The lowest BCUT2D eigenvalue weighted by Crippen LogP contribution is -2.35. The van der Waals surface area contributed by atoms with Gasteiger partial charge in [0.2, 0.25) is 0 Å². The largest absolute Gasteiger partial charge is 0.358 e. The Labute approximate surface area is 184 Å². The van der Waals surface area contributed by atoms with Crippen LogP contribution in [0.4, 0.5) is 5.69 Å². The molecule has 0 fully saturated rings. The van der Waals surface area contributed by atoms with Crippen LogP contribution in [0.25, 0.3) is 11.6 Å². The van der Waals surface area contributed by atoms with Crippen molar-refractivity contribution >= 4 is 40.2 Å². The zero-order chi connectivity index (χ0) is 22.7. The lowest BCUT2D eigenvalue weighted by atomic mass is 10.0. The molecule has 1 aliphatic rings. The predicted molar refractivity (Wildman–Crippen MR) is 122 cm³/mol. The van der Waals surface area contributed by atoms with Crippen LogP contribution in [0.1, 0.15) is 46.7 Å². The minimum Gasteiger partial charge on any atom is -0.358 e. The number of carbonyl (C=O) groups excluding carboxylic acids is 2. The summed E-state index contributed by atoms with van der Waals surface area (Å²) in [6, 6.07) is 4.64. The van der Waals surface area contributed by atoms with Crippen LogP contribution < -0.4 is 10.6 Å². The van der Waals surface area contributed by atoms with Crippen molar-refractivity contribution in [3.8, 4) is 0 Å². The summed E-state index contributed by atoms with van der Waals surface area (Å²) in [6.07, 6.45) is 1.68. The Morgan fingerprint density at radius 3 is 2.61 bits per heavy atom. The van der Waals surface area contributed by atoms with E-state index in [0.29, 0.717) is 40.3 Å². The van der Waals surface area contributed by atoms with Gasteiger partial charge in [-0.15, -0.1) is 0 Å². The first-order valence-electron chi connectivity index (χ1n) is 10.2. The SMILES string of the molecule is CCN(CC)CCNC(=O)c1c(C)[nH]c(C=C2C(=O)Nc3ccc(S(=O)O)cc32)c1C. The first-order chi connectivity index (χ1) is 14.8. The smallest absolute Gasteiger partial charge is 0.256 e. The van der Waals surface area contributed by atoms with Gasteiger partial charge >= 0.3 is 0 Å².